The highest BCUT2D eigenvalue weighted by Gasteiger charge is 2.32. The van der Waals surface area contributed by atoms with Crippen LogP contribution in [0, 0.1) is 0 Å². The van der Waals surface area contributed by atoms with Crippen molar-refractivity contribution in [1.82, 2.24) is 29.9 Å². The van der Waals surface area contributed by atoms with E-state index < -0.39 is 0 Å². The topological polar surface area (TPSA) is 131 Å². The van der Waals surface area contributed by atoms with Crippen LogP contribution in [0.3, 0.4) is 0 Å². The fraction of sp³-hybridized carbons (Fsp3) is 0.417. The standard InChI is InChI=1S/C36H43N7O4/c1-41-20-29(19-39-41)28-17-31(35(37)38-18-28)36(45)40-32-22-46-23-34(32)47-21-24-2-4-25(5-3-24)26-6-8-30-27(16-26)7-9-33(30)43-12-10-42(11-13-43)14-15-44/h2-6,8,16-20,32-34,44H,7,9-15,21-23H2,1H3,(H2,37,38)(H,40,45)/t32-,33-,34-/m0/s1. The molecule has 2 aromatic carbocycles. The first-order valence-corrected chi connectivity index (χ1v) is 16.5. The van der Waals surface area contributed by atoms with Gasteiger partial charge >= 0.3 is 0 Å². The van der Waals surface area contributed by atoms with E-state index in [0.29, 0.717) is 31.4 Å². The number of rotatable bonds is 10. The van der Waals surface area contributed by atoms with Gasteiger partial charge in [0.25, 0.3) is 5.91 Å². The molecule has 1 aliphatic carbocycles. The minimum atomic E-state index is -0.310. The van der Waals surface area contributed by atoms with Gasteiger partial charge < -0.3 is 25.6 Å². The Morgan fingerprint density at radius 3 is 2.60 bits per heavy atom. The zero-order valence-corrected chi connectivity index (χ0v) is 26.8. The summed E-state index contributed by atoms with van der Waals surface area (Å²) in [7, 11) is 1.84. The van der Waals surface area contributed by atoms with Crippen molar-refractivity contribution in [3.05, 3.63) is 89.4 Å². The van der Waals surface area contributed by atoms with E-state index in [9.17, 15) is 9.90 Å². The lowest BCUT2D eigenvalue weighted by molar-refractivity contribution is 0.0218. The molecule has 0 radical (unpaired) electrons. The summed E-state index contributed by atoms with van der Waals surface area (Å²) in [6.45, 7) is 6.36. The number of pyridine rings is 1. The molecule has 246 valence electrons. The minimum absolute atomic E-state index is 0.170. The van der Waals surface area contributed by atoms with Crippen LogP contribution in [0.4, 0.5) is 5.82 Å². The van der Waals surface area contributed by atoms with Crippen molar-refractivity contribution < 1.29 is 19.4 Å². The number of aliphatic hydroxyl groups is 1. The van der Waals surface area contributed by atoms with Crippen molar-refractivity contribution in [2.45, 2.75) is 37.6 Å². The van der Waals surface area contributed by atoms with Gasteiger partial charge in [-0.3, -0.25) is 19.3 Å². The highest BCUT2D eigenvalue weighted by atomic mass is 16.5. The number of aliphatic hydroxyl groups excluding tert-OH is 1. The van der Waals surface area contributed by atoms with Crippen LogP contribution in [0.25, 0.3) is 22.3 Å². The summed E-state index contributed by atoms with van der Waals surface area (Å²) in [6, 6.07) is 17.4. The Kier molecular flexibility index (Phi) is 9.32. The molecule has 0 bridgehead atoms. The number of fused-ring (bicyclic) bond motifs is 1. The summed E-state index contributed by atoms with van der Waals surface area (Å²) < 4.78 is 13.6. The molecule has 0 spiro atoms. The number of aromatic nitrogens is 3. The van der Waals surface area contributed by atoms with E-state index in [1.54, 1.807) is 23.1 Å². The molecular formula is C36H43N7O4. The molecule has 0 saturated carbocycles. The summed E-state index contributed by atoms with van der Waals surface area (Å²) in [6.07, 6.45) is 7.23. The van der Waals surface area contributed by atoms with Crippen molar-refractivity contribution in [3.63, 3.8) is 0 Å². The van der Waals surface area contributed by atoms with Crippen molar-refractivity contribution >= 4 is 11.7 Å². The molecule has 2 fully saturated rings. The van der Waals surface area contributed by atoms with Crippen molar-refractivity contribution in [1.29, 1.82) is 0 Å². The van der Waals surface area contributed by atoms with Gasteiger partial charge in [0.2, 0.25) is 0 Å². The van der Waals surface area contributed by atoms with Gasteiger partial charge in [0.15, 0.2) is 0 Å². The summed E-state index contributed by atoms with van der Waals surface area (Å²) >= 11 is 0. The maximum absolute atomic E-state index is 13.2. The van der Waals surface area contributed by atoms with Gasteiger partial charge in [-0.05, 0) is 46.7 Å². The van der Waals surface area contributed by atoms with Crippen molar-refractivity contribution in [3.8, 4) is 22.3 Å². The Bertz CT molecular complexity index is 1700. The molecule has 4 heterocycles. The second-order valence-electron chi connectivity index (χ2n) is 12.8. The van der Waals surface area contributed by atoms with Gasteiger partial charge in [-0.1, -0.05) is 42.5 Å². The van der Waals surface area contributed by atoms with Crippen LogP contribution in [0.15, 0.2) is 67.1 Å². The normalized spacial score (nSPS) is 21.6. The Balaban J connectivity index is 0.939. The third kappa shape index (κ3) is 6.95. The van der Waals surface area contributed by atoms with E-state index in [1.165, 1.54) is 28.7 Å². The average Bonchev–Trinajstić information content (AvgIpc) is 3.84. The Labute approximate surface area is 275 Å². The van der Waals surface area contributed by atoms with Gasteiger partial charge in [0.05, 0.1) is 44.2 Å². The SMILES string of the molecule is Cn1cc(-c2cnc(N)c(C(=O)N[C@H]3COC[C@@H]3OCc3ccc(-c4ccc5c(c4)CC[C@@H]5N4CCN(CCO)CC4)cc3)c2)cn1. The van der Waals surface area contributed by atoms with Crippen molar-refractivity contribution in [2.24, 2.45) is 7.05 Å². The fourth-order valence-corrected chi connectivity index (χ4v) is 7.06. The number of carbonyl (C=O) groups excluding carboxylic acids is 1. The lowest BCUT2D eigenvalue weighted by atomic mass is 9.98. The highest BCUT2D eigenvalue weighted by molar-refractivity contribution is 5.99. The molecule has 4 N–H and O–H groups in total. The summed E-state index contributed by atoms with van der Waals surface area (Å²) in [4.78, 5) is 22.4. The predicted octanol–water partition coefficient (Wildman–Crippen LogP) is 3.04. The number of nitrogens with one attached hydrogen (secondary N) is 1. The number of β-amino-alcohol motifs (C(OH)–C–C–N with tert-alkyl or cyclic N) is 1. The first-order chi connectivity index (χ1) is 22.9. The van der Waals surface area contributed by atoms with E-state index in [0.717, 1.165) is 55.8 Å². The number of amides is 1. The van der Waals surface area contributed by atoms with E-state index in [2.05, 4.69) is 67.7 Å². The van der Waals surface area contributed by atoms with Gasteiger partial charge in [-0.2, -0.15) is 5.10 Å². The lowest BCUT2D eigenvalue weighted by Crippen LogP contribution is -2.47. The van der Waals surface area contributed by atoms with Gasteiger partial charge in [0.1, 0.15) is 11.9 Å². The third-order valence-electron chi connectivity index (χ3n) is 9.75. The molecule has 11 heteroatoms. The number of hydrogen-bond acceptors (Lipinski definition) is 9. The second-order valence-corrected chi connectivity index (χ2v) is 12.8. The van der Waals surface area contributed by atoms with E-state index in [1.807, 2.05) is 13.2 Å². The molecule has 2 saturated heterocycles. The Morgan fingerprint density at radius 1 is 1.02 bits per heavy atom. The van der Waals surface area contributed by atoms with Gasteiger partial charge in [0, 0.05) is 69.3 Å². The van der Waals surface area contributed by atoms with E-state index >= 15 is 0 Å². The zero-order chi connectivity index (χ0) is 32.3. The number of ether oxygens (including phenoxy) is 2. The third-order valence-corrected chi connectivity index (χ3v) is 9.75. The molecule has 7 rings (SSSR count). The monoisotopic (exact) mass is 637 g/mol. The maximum atomic E-state index is 13.2. The Hall–Kier alpha value is -4.13. The lowest BCUT2D eigenvalue weighted by Gasteiger charge is -2.38. The minimum Gasteiger partial charge on any atom is -0.395 e. The molecule has 3 aliphatic rings. The van der Waals surface area contributed by atoms with E-state index in [4.69, 9.17) is 15.2 Å². The summed E-state index contributed by atoms with van der Waals surface area (Å²) in [5.74, 6) is -0.140. The predicted molar refractivity (Wildman–Crippen MR) is 180 cm³/mol. The number of nitrogens with two attached hydrogens (primary N) is 1. The first kappa shape index (κ1) is 31.5. The smallest absolute Gasteiger partial charge is 0.255 e. The van der Waals surface area contributed by atoms with E-state index in [-0.39, 0.29) is 30.5 Å². The highest BCUT2D eigenvalue weighted by Crippen LogP contribution is 2.38. The van der Waals surface area contributed by atoms with Crippen LogP contribution in [0.2, 0.25) is 0 Å². The number of benzene rings is 2. The van der Waals surface area contributed by atoms with Crippen LogP contribution >= 0.6 is 0 Å². The van der Waals surface area contributed by atoms with Crippen LogP contribution in [0.5, 0.6) is 0 Å². The van der Waals surface area contributed by atoms with Gasteiger partial charge in [-0.25, -0.2) is 4.98 Å². The first-order valence-electron chi connectivity index (χ1n) is 16.5. The largest absolute Gasteiger partial charge is 0.395 e. The number of anilines is 1. The number of nitrogen functional groups attached to an aromatic ring is 1. The fourth-order valence-electron chi connectivity index (χ4n) is 7.06. The quantitative estimate of drug-likeness (QED) is 0.240. The molecule has 2 aliphatic heterocycles. The van der Waals surface area contributed by atoms with Gasteiger partial charge in [-0.15, -0.1) is 0 Å². The number of aryl methyl sites for hydroxylation is 2. The number of hydrogen-bond donors (Lipinski definition) is 3. The molecule has 0 unspecified atom stereocenters. The molecule has 4 aromatic rings. The summed E-state index contributed by atoms with van der Waals surface area (Å²) in [5.41, 5.74) is 14.4. The zero-order valence-electron chi connectivity index (χ0n) is 26.8. The molecule has 47 heavy (non-hydrogen) atoms. The second kappa shape index (κ2) is 13.9. The van der Waals surface area contributed by atoms with Crippen LogP contribution in [-0.2, 0) is 29.5 Å². The Morgan fingerprint density at radius 2 is 1.83 bits per heavy atom. The number of piperazine rings is 1. The molecule has 2 aromatic heterocycles. The van der Waals surface area contributed by atoms with Crippen molar-refractivity contribution in [2.75, 3.05) is 58.3 Å². The molecule has 3 atom stereocenters. The average molecular weight is 638 g/mol. The molecular weight excluding hydrogens is 594 g/mol. The number of carbonyl (C=O) groups is 1. The maximum Gasteiger partial charge on any atom is 0.255 e. The molecule has 1 amide bonds. The summed E-state index contributed by atoms with van der Waals surface area (Å²) in [5, 5.41) is 16.5. The van der Waals surface area contributed by atoms with Crippen LogP contribution in [-0.4, -0.2) is 100 Å². The van der Waals surface area contributed by atoms with Crippen LogP contribution < -0.4 is 11.1 Å². The number of nitrogens with zero attached hydrogens (tertiary/aromatic N) is 5. The van der Waals surface area contributed by atoms with Crippen LogP contribution in [0.1, 0.15) is 39.5 Å². The molecule has 11 nitrogen and oxygen atoms in total.